The minimum absolute atomic E-state index is 0.00641. The second-order valence-corrected chi connectivity index (χ2v) is 8.48. The minimum atomic E-state index is -0.348. The quantitative estimate of drug-likeness (QED) is 0.274. The maximum atomic E-state index is 13.2. The van der Waals surface area contributed by atoms with Gasteiger partial charge in [-0.3, -0.25) is 9.78 Å². The van der Waals surface area contributed by atoms with E-state index in [4.69, 9.17) is 15.1 Å². The molecule has 7 heteroatoms. The lowest BCUT2D eigenvalue weighted by Crippen LogP contribution is -2.19. The van der Waals surface area contributed by atoms with Crippen molar-refractivity contribution >= 4 is 11.6 Å². The van der Waals surface area contributed by atoms with Gasteiger partial charge in [0.1, 0.15) is 18.1 Å². The molecule has 1 heterocycles. The average Bonchev–Trinajstić information content (AvgIpc) is 2.94. The summed E-state index contributed by atoms with van der Waals surface area (Å²) in [6, 6.07) is 26.8. The minimum Gasteiger partial charge on any atom is -0.488 e. The van der Waals surface area contributed by atoms with Crippen LogP contribution in [0.3, 0.4) is 0 Å². The number of nitrogens with zero attached hydrogens (tertiary/aromatic N) is 2. The van der Waals surface area contributed by atoms with Crippen molar-refractivity contribution in [2.24, 2.45) is 0 Å². The molecular weight excluding hydrogens is 464 g/mol. The number of pyridine rings is 1. The maximum Gasteiger partial charge on any atom is 0.274 e. The summed E-state index contributed by atoms with van der Waals surface area (Å²) in [5.41, 5.74) is 6.14. The van der Waals surface area contributed by atoms with E-state index in [1.807, 2.05) is 61.5 Å². The Morgan fingerprint density at radius 2 is 1.86 bits per heavy atom. The number of aliphatic hydroxyl groups excluding tert-OH is 1. The number of aliphatic hydroxyl groups is 1. The molecule has 0 fully saturated rings. The maximum absolute atomic E-state index is 13.2. The monoisotopic (exact) mass is 492 g/mol. The van der Waals surface area contributed by atoms with E-state index in [2.05, 4.69) is 21.7 Å². The van der Waals surface area contributed by atoms with Crippen LogP contribution in [0.4, 0.5) is 5.69 Å². The number of nitrogens with one attached hydrogen (secondary N) is 2. The molecule has 0 aliphatic rings. The SMILES string of the molecule is Cc1c(NC(=O)c2cc(OCc3cccc(C#N)c3)c(CNCCO)cn2)cccc1-c1ccccc1. The summed E-state index contributed by atoms with van der Waals surface area (Å²) in [4.78, 5) is 17.6. The number of anilines is 1. The lowest BCUT2D eigenvalue weighted by atomic mass is 9.99. The average molecular weight is 493 g/mol. The van der Waals surface area contributed by atoms with Crippen molar-refractivity contribution in [2.75, 3.05) is 18.5 Å². The molecular formula is C30H28N4O3. The first kappa shape index (κ1) is 25.6. The van der Waals surface area contributed by atoms with Crippen LogP contribution in [0.15, 0.2) is 85.1 Å². The highest BCUT2D eigenvalue weighted by Crippen LogP contribution is 2.29. The van der Waals surface area contributed by atoms with Crippen LogP contribution in [0.5, 0.6) is 5.75 Å². The number of aromatic nitrogens is 1. The van der Waals surface area contributed by atoms with E-state index in [0.717, 1.165) is 27.8 Å². The van der Waals surface area contributed by atoms with Gasteiger partial charge in [0, 0.05) is 36.6 Å². The van der Waals surface area contributed by atoms with Crippen molar-refractivity contribution in [3.63, 3.8) is 0 Å². The summed E-state index contributed by atoms with van der Waals surface area (Å²) >= 11 is 0. The molecule has 4 aromatic rings. The molecule has 0 aliphatic carbocycles. The summed E-state index contributed by atoms with van der Waals surface area (Å²) in [5, 5.41) is 24.4. The van der Waals surface area contributed by atoms with E-state index in [9.17, 15) is 4.79 Å². The second kappa shape index (κ2) is 12.5. The topological polar surface area (TPSA) is 107 Å². The van der Waals surface area contributed by atoms with Gasteiger partial charge in [-0.05, 0) is 47.4 Å². The molecule has 0 bridgehead atoms. The van der Waals surface area contributed by atoms with E-state index >= 15 is 0 Å². The molecule has 0 aliphatic heterocycles. The van der Waals surface area contributed by atoms with Crippen LogP contribution in [0.1, 0.15) is 32.7 Å². The van der Waals surface area contributed by atoms with E-state index in [1.54, 1.807) is 30.5 Å². The molecule has 1 aromatic heterocycles. The molecule has 3 aromatic carbocycles. The van der Waals surface area contributed by atoms with Crippen LogP contribution in [-0.2, 0) is 13.2 Å². The van der Waals surface area contributed by atoms with Gasteiger partial charge in [0.25, 0.3) is 5.91 Å². The van der Waals surface area contributed by atoms with Crippen molar-refractivity contribution < 1.29 is 14.6 Å². The van der Waals surface area contributed by atoms with Crippen molar-refractivity contribution in [3.05, 3.63) is 113 Å². The van der Waals surface area contributed by atoms with Crippen LogP contribution in [-0.4, -0.2) is 29.1 Å². The number of benzene rings is 3. The third kappa shape index (κ3) is 6.58. The number of nitriles is 1. The fraction of sp³-hybridized carbons (Fsp3) is 0.167. The van der Waals surface area contributed by atoms with Gasteiger partial charge in [0.2, 0.25) is 0 Å². The van der Waals surface area contributed by atoms with Crippen LogP contribution in [0.25, 0.3) is 11.1 Å². The van der Waals surface area contributed by atoms with Crippen molar-refractivity contribution in [2.45, 2.75) is 20.1 Å². The molecule has 0 radical (unpaired) electrons. The molecule has 0 spiro atoms. The predicted octanol–water partition coefficient (Wildman–Crippen LogP) is 4.84. The first-order chi connectivity index (χ1) is 18.1. The highest BCUT2D eigenvalue weighted by molar-refractivity contribution is 6.04. The highest BCUT2D eigenvalue weighted by Gasteiger charge is 2.15. The Hall–Kier alpha value is -4.51. The normalized spacial score (nSPS) is 10.5. The summed E-state index contributed by atoms with van der Waals surface area (Å²) in [7, 11) is 0. The zero-order valence-electron chi connectivity index (χ0n) is 20.6. The Bertz CT molecular complexity index is 1410. The number of ether oxygens (including phenoxy) is 1. The third-order valence-corrected chi connectivity index (χ3v) is 5.90. The number of hydrogen-bond acceptors (Lipinski definition) is 6. The van der Waals surface area contributed by atoms with Crippen LogP contribution >= 0.6 is 0 Å². The molecule has 0 unspecified atom stereocenters. The number of rotatable bonds is 10. The number of hydrogen-bond donors (Lipinski definition) is 3. The molecule has 0 saturated heterocycles. The van der Waals surface area contributed by atoms with Crippen LogP contribution < -0.4 is 15.4 Å². The van der Waals surface area contributed by atoms with Crippen molar-refractivity contribution in [1.82, 2.24) is 10.3 Å². The fourth-order valence-electron chi connectivity index (χ4n) is 3.94. The first-order valence-electron chi connectivity index (χ1n) is 12.0. The zero-order chi connectivity index (χ0) is 26.0. The summed E-state index contributed by atoms with van der Waals surface area (Å²) in [6.45, 7) is 3.05. The molecule has 1 amide bonds. The molecule has 0 atom stereocenters. The Labute approximate surface area is 216 Å². The van der Waals surface area contributed by atoms with Gasteiger partial charge >= 0.3 is 0 Å². The van der Waals surface area contributed by atoms with Gasteiger partial charge in [-0.25, -0.2) is 0 Å². The van der Waals surface area contributed by atoms with Gasteiger partial charge in [-0.15, -0.1) is 0 Å². The van der Waals surface area contributed by atoms with Crippen LogP contribution in [0.2, 0.25) is 0 Å². The van der Waals surface area contributed by atoms with E-state index in [0.29, 0.717) is 30.1 Å². The standard InChI is InChI=1S/C30H28N4O3/c1-21-26(24-9-3-2-4-10-24)11-6-12-27(21)34-30(36)28-16-29(25(19-33-28)18-32-13-14-35)37-20-23-8-5-7-22(15-23)17-31/h2-12,15-16,19,32,35H,13-14,18,20H2,1H3,(H,34,36). The molecule has 7 nitrogen and oxygen atoms in total. The molecule has 186 valence electrons. The van der Waals surface area contributed by atoms with E-state index in [1.165, 1.54) is 0 Å². The number of carbonyl (C=O) groups is 1. The molecule has 4 rings (SSSR count). The molecule has 37 heavy (non-hydrogen) atoms. The Kier molecular flexibility index (Phi) is 8.61. The van der Waals surface area contributed by atoms with Gasteiger partial charge in [-0.2, -0.15) is 5.26 Å². The lowest BCUT2D eigenvalue weighted by molar-refractivity contribution is 0.102. The van der Waals surface area contributed by atoms with Crippen molar-refractivity contribution in [1.29, 1.82) is 5.26 Å². The smallest absolute Gasteiger partial charge is 0.274 e. The number of amides is 1. The van der Waals surface area contributed by atoms with Gasteiger partial charge in [0.15, 0.2) is 0 Å². The van der Waals surface area contributed by atoms with E-state index < -0.39 is 0 Å². The predicted molar refractivity (Wildman–Crippen MR) is 143 cm³/mol. The summed E-state index contributed by atoms with van der Waals surface area (Å²) in [6.07, 6.45) is 1.60. The second-order valence-electron chi connectivity index (χ2n) is 8.48. The largest absolute Gasteiger partial charge is 0.488 e. The molecule has 0 saturated carbocycles. The van der Waals surface area contributed by atoms with Gasteiger partial charge in [0.05, 0.1) is 18.2 Å². The Morgan fingerprint density at radius 1 is 1.05 bits per heavy atom. The highest BCUT2D eigenvalue weighted by atomic mass is 16.5. The Balaban J connectivity index is 1.56. The van der Waals surface area contributed by atoms with Gasteiger partial charge < -0.3 is 20.5 Å². The van der Waals surface area contributed by atoms with Gasteiger partial charge in [-0.1, -0.05) is 54.6 Å². The molecule has 3 N–H and O–H groups in total. The lowest BCUT2D eigenvalue weighted by Gasteiger charge is -2.15. The number of carbonyl (C=O) groups excluding carboxylic acids is 1. The van der Waals surface area contributed by atoms with E-state index in [-0.39, 0.29) is 24.8 Å². The summed E-state index contributed by atoms with van der Waals surface area (Å²) in [5.74, 6) is 0.155. The van der Waals surface area contributed by atoms with Crippen molar-refractivity contribution in [3.8, 4) is 22.9 Å². The third-order valence-electron chi connectivity index (χ3n) is 5.90. The zero-order valence-corrected chi connectivity index (χ0v) is 20.6. The first-order valence-corrected chi connectivity index (χ1v) is 12.0. The van der Waals surface area contributed by atoms with Crippen LogP contribution in [0, 0.1) is 18.3 Å². The fourth-order valence-corrected chi connectivity index (χ4v) is 3.94. The summed E-state index contributed by atoms with van der Waals surface area (Å²) < 4.78 is 6.06. The Morgan fingerprint density at radius 3 is 2.65 bits per heavy atom.